The molecule has 110 valence electrons. The maximum atomic E-state index is 10.7. The molecule has 1 aromatic carbocycles. The lowest BCUT2D eigenvalue weighted by molar-refractivity contribution is 0.224. The van der Waals surface area contributed by atoms with Crippen molar-refractivity contribution < 1.29 is 5.11 Å². The van der Waals surface area contributed by atoms with Crippen LogP contribution in [0.25, 0.3) is 0 Å². The van der Waals surface area contributed by atoms with Crippen molar-refractivity contribution in [2.75, 3.05) is 0 Å². The van der Waals surface area contributed by atoms with Gasteiger partial charge >= 0.3 is 0 Å². The second-order valence-electron chi connectivity index (χ2n) is 6.50. The Labute approximate surface area is 130 Å². The van der Waals surface area contributed by atoms with Crippen LogP contribution in [0.15, 0.2) is 30.3 Å². The zero-order chi connectivity index (χ0) is 14.2. The molecule has 0 spiro atoms. The van der Waals surface area contributed by atoms with Crippen LogP contribution in [0.5, 0.6) is 0 Å². The number of thiophene rings is 1. The number of aliphatic hydroxyl groups excluding tert-OH is 1. The fourth-order valence-electron chi connectivity index (χ4n) is 3.54. The van der Waals surface area contributed by atoms with Crippen LogP contribution in [-0.4, -0.2) is 5.11 Å². The Morgan fingerprint density at radius 1 is 1.05 bits per heavy atom. The third kappa shape index (κ3) is 2.56. The van der Waals surface area contributed by atoms with E-state index >= 15 is 0 Å². The van der Waals surface area contributed by atoms with Gasteiger partial charge in [0, 0.05) is 9.75 Å². The third-order valence-corrected chi connectivity index (χ3v) is 6.38. The van der Waals surface area contributed by atoms with Crippen molar-refractivity contribution in [2.45, 2.75) is 57.0 Å². The molecule has 0 aliphatic heterocycles. The minimum Gasteiger partial charge on any atom is -0.383 e. The molecule has 1 aromatic heterocycles. The summed E-state index contributed by atoms with van der Waals surface area (Å²) < 4.78 is 0. The Bertz CT molecular complexity index is 615. The largest absolute Gasteiger partial charge is 0.383 e. The Morgan fingerprint density at radius 2 is 1.90 bits per heavy atom. The summed E-state index contributed by atoms with van der Waals surface area (Å²) in [5.74, 6) is 0.730. The summed E-state index contributed by atoms with van der Waals surface area (Å²) in [4.78, 5) is 2.64. The maximum Gasteiger partial charge on any atom is 0.113 e. The molecule has 21 heavy (non-hydrogen) atoms. The van der Waals surface area contributed by atoms with Crippen LogP contribution >= 0.6 is 11.3 Å². The van der Waals surface area contributed by atoms with Gasteiger partial charge in [-0.25, -0.2) is 0 Å². The highest BCUT2D eigenvalue weighted by atomic mass is 32.1. The molecule has 2 heteroatoms. The summed E-state index contributed by atoms with van der Waals surface area (Å²) >= 11 is 1.82. The van der Waals surface area contributed by atoms with Gasteiger partial charge in [-0.3, -0.25) is 0 Å². The Kier molecular flexibility index (Phi) is 3.60. The van der Waals surface area contributed by atoms with E-state index in [0.717, 1.165) is 16.4 Å². The molecular weight excluding hydrogens is 276 g/mol. The number of aliphatic hydroxyl groups is 1. The standard InChI is InChI=1S/C19H22OS/c20-19(18-12-15-5-1-2-10-17(15)21-18)16-9-4-8-14(11-16)13-6-3-7-13/h4,8-9,11-13,19-20H,1-3,5-7,10H2. The minimum atomic E-state index is -0.444. The molecule has 1 N–H and O–H groups in total. The monoisotopic (exact) mass is 298 g/mol. The number of hydrogen-bond donors (Lipinski definition) is 1. The van der Waals surface area contributed by atoms with Gasteiger partial charge in [0.05, 0.1) is 0 Å². The number of aryl methyl sites for hydroxylation is 2. The minimum absolute atomic E-state index is 0.444. The van der Waals surface area contributed by atoms with Gasteiger partial charge in [0.15, 0.2) is 0 Å². The van der Waals surface area contributed by atoms with E-state index in [9.17, 15) is 5.11 Å². The predicted octanol–water partition coefficient (Wildman–Crippen LogP) is 4.98. The Hall–Kier alpha value is -1.12. The van der Waals surface area contributed by atoms with E-state index in [2.05, 4.69) is 30.3 Å². The van der Waals surface area contributed by atoms with Crippen LogP contribution in [-0.2, 0) is 12.8 Å². The molecule has 1 nitrogen and oxygen atoms in total. The summed E-state index contributed by atoms with van der Waals surface area (Å²) in [7, 11) is 0. The first-order chi connectivity index (χ1) is 10.3. The van der Waals surface area contributed by atoms with Gasteiger partial charge in [-0.1, -0.05) is 30.7 Å². The predicted molar refractivity (Wildman–Crippen MR) is 88.1 cm³/mol. The lowest BCUT2D eigenvalue weighted by Crippen LogP contribution is -2.09. The van der Waals surface area contributed by atoms with Gasteiger partial charge < -0.3 is 5.11 Å². The topological polar surface area (TPSA) is 20.2 Å². The van der Waals surface area contributed by atoms with Crippen molar-refractivity contribution in [2.24, 2.45) is 0 Å². The van der Waals surface area contributed by atoms with Gasteiger partial charge in [0.1, 0.15) is 6.10 Å². The van der Waals surface area contributed by atoms with Gasteiger partial charge in [0.25, 0.3) is 0 Å². The van der Waals surface area contributed by atoms with E-state index < -0.39 is 6.10 Å². The molecule has 1 fully saturated rings. The number of rotatable bonds is 3. The molecule has 1 heterocycles. The lowest BCUT2D eigenvalue weighted by Gasteiger charge is -2.26. The second kappa shape index (κ2) is 5.58. The first kappa shape index (κ1) is 13.5. The molecule has 2 aliphatic carbocycles. The second-order valence-corrected chi connectivity index (χ2v) is 7.67. The van der Waals surface area contributed by atoms with Crippen LogP contribution < -0.4 is 0 Å². The SMILES string of the molecule is OC(c1cccc(C2CCC2)c1)c1cc2c(s1)CCCC2. The van der Waals surface area contributed by atoms with Crippen LogP contribution in [0.3, 0.4) is 0 Å². The fraction of sp³-hybridized carbons (Fsp3) is 0.474. The summed E-state index contributed by atoms with van der Waals surface area (Å²) in [6.07, 6.45) is 8.54. The van der Waals surface area contributed by atoms with Crippen molar-refractivity contribution in [3.63, 3.8) is 0 Å². The summed E-state index contributed by atoms with van der Waals surface area (Å²) in [5, 5.41) is 10.7. The van der Waals surface area contributed by atoms with Crippen molar-refractivity contribution in [3.8, 4) is 0 Å². The molecule has 0 amide bonds. The molecule has 1 saturated carbocycles. The average molecular weight is 298 g/mol. The van der Waals surface area contributed by atoms with Crippen LogP contribution in [0.2, 0.25) is 0 Å². The highest BCUT2D eigenvalue weighted by molar-refractivity contribution is 7.12. The molecule has 0 saturated heterocycles. The Morgan fingerprint density at radius 3 is 2.67 bits per heavy atom. The van der Waals surface area contributed by atoms with Gasteiger partial charge in [-0.05, 0) is 67.2 Å². The van der Waals surface area contributed by atoms with Gasteiger partial charge in [0.2, 0.25) is 0 Å². The summed E-state index contributed by atoms with van der Waals surface area (Å²) in [5.41, 5.74) is 3.97. The van der Waals surface area contributed by atoms with Crippen molar-refractivity contribution in [1.29, 1.82) is 0 Å². The van der Waals surface area contributed by atoms with Crippen molar-refractivity contribution in [1.82, 2.24) is 0 Å². The van der Waals surface area contributed by atoms with Gasteiger partial charge in [-0.2, -0.15) is 0 Å². The lowest BCUT2D eigenvalue weighted by atomic mass is 9.79. The average Bonchev–Trinajstić information content (AvgIpc) is 2.89. The quantitative estimate of drug-likeness (QED) is 0.847. The molecule has 0 radical (unpaired) electrons. The van der Waals surface area contributed by atoms with E-state index in [0.29, 0.717) is 0 Å². The van der Waals surface area contributed by atoms with Crippen LogP contribution in [0.4, 0.5) is 0 Å². The molecule has 1 atom stereocenters. The molecule has 1 unspecified atom stereocenters. The zero-order valence-corrected chi connectivity index (χ0v) is 13.2. The smallest absolute Gasteiger partial charge is 0.113 e. The van der Waals surface area contributed by atoms with Gasteiger partial charge in [-0.15, -0.1) is 11.3 Å². The molecule has 0 bridgehead atoms. The van der Waals surface area contributed by atoms with Crippen LogP contribution in [0, 0.1) is 0 Å². The maximum absolute atomic E-state index is 10.7. The van der Waals surface area contributed by atoms with E-state index in [1.807, 2.05) is 11.3 Å². The molecule has 2 aliphatic rings. The van der Waals surface area contributed by atoms with E-state index in [1.165, 1.54) is 60.9 Å². The number of benzene rings is 1. The Balaban J connectivity index is 1.61. The number of fused-ring (bicyclic) bond motifs is 1. The molecule has 4 rings (SSSR count). The molecule has 2 aromatic rings. The highest BCUT2D eigenvalue weighted by Crippen LogP contribution is 2.39. The summed E-state index contributed by atoms with van der Waals surface area (Å²) in [6.45, 7) is 0. The van der Waals surface area contributed by atoms with E-state index in [-0.39, 0.29) is 0 Å². The van der Waals surface area contributed by atoms with Crippen molar-refractivity contribution in [3.05, 3.63) is 56.8 Å². The zero-order valence-electron chi connectivity index (χ0n) is 12.3. The highest BCUT2D eigenvalue weighted by Gasteiger charge is 2.22. The third-order valence-electron chi connectivity index (χ3n) is 5.09. The van der Waals surface area contributed by atoms with E-state index in [4.69, 9.17) is 0 Å². The summed E-state index contributed by atoms with van der Waals surface area (Å²) in [6, 6.07) is 10.9. The normalized spacial score (nSPS) is 19.9. The van der Waals surface area contributed by atoms with Crippen molar-refractivity contribution >= 4 is 11.3 Å². The first-order valence-electron chi connectivity index (χ1n) is 8.20. The van der Waals surface area contributed by atoms with E-state index in [1.54, 1.807) is 0 Å². The fourth-order valence-corrected chi connectivity index (χ4v) is 4.81. The number of hydrogen-bond acceptors (Lipinski definition) is 2. The molecular formula is C19H22OS. The first-order valence-corrected chi connectivity index (χ1v) is 9.02. The van der Waals surface area contributed by atoms with Crippen LogP contribution in [0.1, 0.15) is 70.6 Å².